The number of hydrogen-bond donors (Lipinski definition) is 2. The largest absolute Gasteiger partial charge is 0.478 e. The van der Waals surface area contributed by atoms with Crippen molar-refractivity contribution in [2.75, 3.05) is 0 Å². The number of carboxylic acids is 1. The molecule has 0 fully saturated rings. The highest BCUT2D eigenvalue weighted by atomic mass is 16.4. The van der Waals surface area contributed by atoms with E-state index in [1.807, 2.05) is 6.08 Å². The Labute approximate surface area is 129 Å². The minimum Gasteiger partial charge on any atom is -0.478 e. The van der Waals surface area contributed by atoms with Crippen LogP contribution in [0.1, 0.15) is 77.6 Å². The van der Waals surface area contributed by atoms with E-state index in [1.54, 1.807) is 6.08 Å². The van der Waals surface area contributed by atoms with Gasteiger partial charge < -0.3 is 10.2 Å². The van der Waals surface area contributed by atoms with E-state index in [0.717, 1.165) is 38.2 Å². The van der Waals surface area contributed by atoms with E-state index in [9.17, 15) is 9.90 Å². The Balaban J connectivity index is 3.34. The maximum absolute atomic E-state index is 10.2. The van der Waals surface area contributed by atoms with Crippen LogP contribution in [0.3, 0.4) is 0 Å². The Bertz CT molecular complexity index is 295. The molecule has 0 aliphatic heterocycles. The number of aliphatic carboxylic acids is 1. The van der Waals surface area contributed by atoms with E-state index < -0.39 is 5.97 Å². The van der Waals surface area contributed by atoms with Gasteiger partial charge in [-0.15, -0.1) is 0 Å². The lowest BCUT2D eigenvalue weighted by molar-refractivity contribution is -0.131. The van der Waals surface area contributed by atoms with Gasteiger partial charge in [0.2, 0.25) is 0 Å². The molecule has 0 aliphatic carbocycles. The van der Waals surface area contributed by atoms with Gasteiger partial charge in [-0.2, -0.15) is 0 Å². The molecular weight excluding hydrogens is 264 g/mol. The molecule has 0 aromatic carbocycles. The summed E-state index contributed by atoms with van der Waals surface area (Å²) in [6.07, 6.45) is 18.7. The second kappa shape index (κ2) is 15.3. The minimum atomic E-state index is -0.926. The zero-order valence-corrected chi connectivity index (χ0v) is 13.5. The van der Waals surface area contributed by atoms with Gasteiger partial charge in [0.05, 0.1) is 6.10 Å². The van der Waals surface area contributed by atoms with Crippen molar-refractivity contribution in [2.45, 2.75) is 83.7 Å². The van der Waals surface area contributed by atoms with E-state index in [0.29, 0.717) is 0 Å². The molecule has 0 heterocycles. The lowest BCUT2D eigenvalue weighted by Crippen LogP contribution is -2.05. The first-order chi connectivity index (χ1) is 10.2. The second-order valence-corrected chi connectivity index (χ2v) is 5.62. The van der Waals surface area contributed by atoms with Crippen LogP contribution in [0, 0.1) is 0 Å². The SMILES string of the molecule is CCCCCCCCC[C@H](O)CCCC=CC=CC(=O)O. The molecule has 2 N–H and O–H groups in total. The zero-order chi connectivity index (χ0) is 15.8. The lowest BCUT2D eigenvalue weighted by Gasteiger charge is -2.09. The Hall–Kier alpha value is -1.09. The first kappa shape index (κ1) is 19.9. The third kappa shape index (κ3) is 16.9. The number of hydrogen-bond acceptors (Lipinski definition) is 2. The van der Waals surface area contributed by atoms with Crippen LogP contribution in [0.4, 0.5) is 0 Å². The van der Waals surface area contributed by atoms with Crippen LogP contribution in [0.15, 0.2) is 24.3 Å². The summed E-state index contributed by atoms with van der Waals surface area (Å²) in [5.41, 5.74) is 0. The van der Waals surface area contributed by atoms with Gasteiger partial charge in [0, 0.05) is 6.08 Å². The first-order valence-corrected chi connectivity index (χ1v) is 8.41. The summed E-state index contributed by atoms with van der Waals surface area (Å²) in [7, 11) is 0. The van der Waals surface area contributed by atoms with Crippen LogP contribution in [-0.4, -0.2) is 22.3 Å². The van der Waals surface area contributed by atoms with Crippen molar-refractivity contribution in [3.05, 3.63) is 24.3 Å². The summed E-state index contributed by atoms with van der Waals surface area (Å²) in [6, 6.07) is 0. The van der Waals surface area contributed by atoms with Crippen molar-refractivity contribution >= 4 is 5.97 Å². The molecule has 0 amide bonds. The van der Waals surface area contributed by atoms with Gasteiger partial charge in [0.1, 0.15) is 0 Å². The van der Waals surface area contributed by atoms with E-state index in [1.165, 1.54) is 44.6 Å². The van der Waals surface area contributed by atoms with Crippen molar-refractivity contribution < 1.29 is 15.0 Å². The van der Waals surface area contributed by atoms with E-state index in [4.69, 9.17) is 5.11 Å². The van der Waals surface area contributed by atoms with Gasteiger partial charge in [0.15, 0.2) is 0 Å². The number of carboxylic acid groups (broad SMARTS) is 1. The smallest absolute Gasteiger partial charge is 0.328 e. The number of carbonyl (C=O) groups is 1. The maximum atomic E-state index is 10.2. The first-order valence-electron chi connectivity index (χ1n) is 8.41. The molecular formula is C18H32O3. The normalized spacial score (nSPS) is 13.2. The summed E-state index contributed by atoms with van der Waals surface area (Å²) >= 11 is 0. The molecule has 0 spiro atoms. The molecule has 0 unspecified atom stereocenters. The van der Waals surface area contributed by atoms with Gasteiger partial charge in [-0.25, -0.2) is 4.79 Å². The van der Waals surface area contributed by atoms with Crippen LogP contribution in [0.5, 0.6) is 0 Å². The summed E-state index contributed by atoms with van der Waals surface area (Å²) in [5.74, 6) is -0.926. The molecule has 0 bridgehead atoms. The predicted octanol–water partition coefficient (Wildman–Crippen LogP) is 4.86. The fourth-order valence-corrected chi connectivity index (χ4v) is 2.27. The average molecular weight is 296 g/mol. The van der Waals surface area contributed by atoms with Crippen molar-refractivity contribution in [3.8, 4) is 0 Å². The van der Waals surface area contributed by atoms with E-state index >= 15 is 0 Å². The van der Waals surface area contributed by atoms with Crippen LogP contribution in [0.25, 0.3) is 0 Å². The Morgan fingerprint density at radius 2 is 1.57 bits per heavy atom. The summed E-state index contributed by atoms with van der Waals surface area (Å²) in [5, 5.41) is 18.2. The standard InChI is InChI=1S/C18H32O3/c1-2-3-4-5-6-8-11-14-17(19)15-12-9-7-10-13-16-18(20)21/h7,10,13,16-17,19H,2-6,8-9,11-12,14-15H2,1H3,(H,20,21)/t17-/m0/s1. The fourth-order valence-electron chi connectivity index (χ4n) is 2.27. The van der Waals surface area contributed by atoms with Crippen molar-refractivity contribution in [1.29, 1.82) is 0 Å². The average Bonchev–Trinajstić information content (AvgIpc) is 2.45. The highest BCUT2D eigenvalue weighted by Crippen LogP contribution is 2.12. The van der Waals surface area contributed by atoms with Crippen molar-refractivity contribution in [1.82, 2.24) is 0 Å². The summed E-state index contributed by atoms with van der Waals surface area (Å²) < 4.78 is 0. The number of aliphatic hydroxyl groups excluding tert-OH is 1. The molecule has 3 nitrogen and oxygen atoms in total. The molecule has 1 atom stereocenters. The molecule has 0 radical (unpaired) electrons. The highest BCUT2D eigenvalue weighted by Gasteiger charge is 2.02. The number of allylic oxidation sites excluding steroid dienone is 3. The van der Waals surface area contributed by atoms with Crippen LogP contribution >= 0.6 is 0 Å². The molecule has 0 aromatic heterocycles. The molecule has 0 saturated heterocycles. The Kier molecular flexibility index (Phi) is 14.5. The fraction of sp³-hybridized carbons (Fsp3) is 0.722. The van der Waals surface area contributed by atoms with Crippen molar-refractivity contribution in [3.63, 3.8) is 0 Å². The molecule has 3 heteroatoms. The van der Waals surface area contributed by atoms with Crippen LogP contribution < -0.4 is 0 Å². The van der Waals surface area contributed by atoms with E-state index in [-0.39, 0.29) is 6.10 Å². The molecule has 0 aromatic rings. The topological polar surface area (TPSA) is 57.5 Å². The zero-order valence-electron chi connectivity index (χ0n) is 13.5. The van der Waals surface area contributed by atoms with E-state index in [2.05, 4.69) is 6.92 Å². The Morgan fingerprint density at radius 1 is 0.952 bits per heavy atom. The minimum absolute atomic E-state index is 0.177. The van der Waals surface area contributed by atoms with Gasteiger partial charge in [-0.05, 0) is 25.7 Å². The third-order valence-corrected chi connectivity index (χ3v) is 3.54. The van der Waals surface area contributed by atoms with Crippen LogP contribution in [-0.2, 0) is 4.79 Å². The molecule has 21 heavy (non-hydrogen) atoms. The molecule has 122 valence electrons. The van der Waals surface area contributed by atoms with Gasteiger partial charge in [0.25, 0.3) is 0 Å². The van der Waals surface area contributed by atoms with Crippen LogP contribution in [0.2, 0.25) is 0 Å². The predicted molar refractivity (Wildman–Crippen MR) is 88.4 cm³/mol. The van der Waals surface area contributed by atoms with Gasteiger partial charge in [-0.3, -0.25) is 0 Å². The van der Waals surface area contributed by atoms with Gasteiger partial charge >= 0.3 is 5.97 Å². The number of rotatable bonds is 14. The highest BCUT2D eigenvalue weighted by molar-refractivity contribution is 5.80. The molecule has 0 rings (SSSR count). The monoisotopic (exact) mass is 296 g/mol. The summed E-state index contributed by atoms with van der Waals surface area (Å²) in [6.45, 7) is 2.23. The maximum Gasteiger partial charge on any atom is 0.328 e. The summed E-state index contributed by atoms with van der Waals surface area (Å²) in [4.78, 5) is 10.2. The molecule has 0 saturated carbocycles. The second-order valence-electron chi connectivity index (χ2n) is 5.62. The quantitative estimate of drug-likeness (QED) is 0.273. The number of unbranched alkanes of at least 4 members (excludes halogenated alkanes) is 7. The Morgan fingerprint density at radius 3 is 2.24 bits per heavy atom. The number of aliphatic hydroxyl groups is 1. The van der Waals surface area contributed by atoms with Crippen molar-refractivity contribution in [2.24, 2.45) is 0 Å². The van der Waals surface area contributed by atoms with Gasteiger partial charge in [-0.1, -0.05) is 70.1 Å². The molecule has 0 aliphatic rings. The lowest BCUT2D eigenvalue weighted by atomic mass is 10.0. The third-order valence-electron chi connectivity index (χ3n) is 3.54.